The van der Waals surface area contributed by atoms with E-state index in [1.807, 2.05) is 0 Å². The molecule has 1 aliphatic rings. The van der Waals surface area contributed by atoms with Crippen molar-refractivity contribution in [3.05, 3.63) is 0 Å². The number of hydrogen-bond donors (Lipinski definition) is 1. The monoisotopic (exact) mass is 171 g/mol. The molecule has 2 nitrogen and oxygen atoms in total. The minimum absolute atomic E-state index is 0.0870. The Morgan fingerprint density at radius 2 is 2.25 bits per heavy atom. The Kier molecular flexibility index (Phi) is 3.13. The van der Waals surface area contributed by atoms with Crippen molar-refractivity contribution in [3.63, 3.8) is 0 Å². The molecule has 1 aliphatic heterocycles. The Hall–Kier alpha value is -0.0800. The Labute approximate surface area is 75.7 Å². The van der Waals surface area contributed by atoms with E-state index < -0.39 is 0 Å². The van der Waals surface area contributed by atoms with Crippen LogP contribution >= 0.6 is 0 Å². The van der Waals surface area contributed by atoms with Crippen LogP contribution in [-0.4, -0.2) is 24.3 Å². The van der Waals surface area contributed by atoms with Gasteiger partial charge in [0.2, 0.25) is 0 Å². The lowest BCUT2D eigenvalue weighted by Crippen LogP contribution is -2.40. The van der Waals surface area contributed by atoms with Crippen molar-refractivity contribution >= 4 is 0 Å². The summed E-state index contributed by atoms with van der Waals surface area (Å²) in [4.78, 5) is 0. The predicted octanol–water partition coefficient (Wildman–Crippen LogP) is 1.94. The first-order valence-electron chi connectivity index (χ1n) is 4.93. The summed E-state index contributed by atoms with van der Waals surface area (Å²) in [7, 11) is 0. The Balaban J connectivity index is 2.30. The van der Waals surface area contributed by atoms with E-state index in [0.717, 1.165) is 6.54 Å². The molecule has 0 saturated carbocycles. The number of nitrogens with one attached hydrogen (secondary N) is 1. The summed E-state index contributed by atoms with van der Waals surface area (Å²) >= 11 is 0. The standard InChI is InChI=1S/C10H21NO/c1-8(2)11-7-10(4)6-5-9(3)12-10/h8-9,11H,5-7H2,1-4H3. The first-order chi connectivity index (χ1) is 5.52. The molecular weight excluding hydrogens is 150 g/mol. The van der Waals surface area contributed by atoms with Gasteiger partial charge < -0.3 is 10.1 Å². The molecule has 1 saturated heterocycles. The van der Waals surface area contributed by atoms with Crippen LogP contribution < -0.4 is 5.32 Å². The molecule has 0 aromatic rings. The first kappa shape index (κ1) is 10.0. The van der Waals surface area contributed by atoms with Gasteiger partial charge in [-0.3, -0.25) is 0 Å². The molecule has 12 heavy (non-hydrogen) atoms. The van der Waals surface area contributed by atoms with Crippen molar-refractivity contribution in [1.29, 1.82) is 0 Å². The van der Waals surface area contributed by atoms with Crippen LogP contribution in [0.4, 0.5) is 0 Å². The van der Waals surface area contributed by atoms with Crippen molar-refractivity contribution in [3.8, 4) is 0 Å². The fourth-order valence-electron chi connectivity index (χ4n) is 1.66. The first-order valence-corrected chi connectivity index (χ1v) is 4.93. The molecule has 2 heteroatoms. The molecule has 72 valence electrons. The van der Waals surface area contributed by atoms with Crippen molar-refractivity contribution < 1.29 is 4.74 Å². The van der Waals surface area contributed by atoms with Crippen molar-refractivity contribution in [2.45, 2.75) is 58.3 Å². The maximum atomic E-state index is 5.84. The molecule has 1 N–H and O–H groups in total. The van der Waals surface area contributed by atoms with E-state index in [4.69, 9.17) is 4.74 Å². The third-order valence-electron chi connectivity index (χ3n) is 2.45. The normalized spacial score (nSPS) is 36.2. The third-order valence-corrected chi connectivity index (χ3v) is 2.45. The summed E-state index contributed by atoms with van der Waals surface area (Å²) < 4.78 is 5.84. The molecule has 0 aromatic heterocycles. The highest BCUT2D eigenvalue weighted by Gasteiger charge is 2.33. The molecule has 0 aliphatic carbocycles. The predicted molar refractivity (Wildman–Crippen MR) is 51.3 cm³/mol. The minimum atomic E-state index is 0.0870. The number of rotatable bonds is 3. The van der Waals surface area contributed by atoms with E-state index in [0.29, 0.717) is 12.1 Å². The highest BCUT2D eigenvalue weighted by Crippen LogP contribution is 2.28. The van der Waals surface area contributed by atoms with Crippen LogP contribution in [0.15, 0.2) is 0 Å². The van der Waals surface area contributed by atoms with Crippen molar-refractivity contribution in [1.82, 2.24) is 5.32 Å². The van der Waals surface area contributed by atoms with Gasteiger partial charge in [0.1, 0.15) is 0 Å². The van der Waals surface area contributed by atoms with E-state index in [1.165, 1.54) is 12.8 Å². The summed E-state index contributed by atoms with van der Waals surface area (Å²) in [5.41, 5.74) is 0.0870. The lowest BCUT2D eigenvalue weighted by atomic mass is 10.0. The zero-order chi connectivity index (χ0) is 9.19. The van der Waals surface area contributed by atoms with Gasteiger partial charge in [0.15, 0.2) is 0 Å². The molecule has 1 fully saturated rings. The van der Waals surface area contributed by atoms with Crippen molar-refractivity contribution in [2.24, 2.45) is 0 Å². The van der Waals surface area contributed by atoms with Crippen LogP contribution in [0.3, 0.4) is 0 Å². The van der Waals surface area contributed by atoms with E-state index in [9.17, 15) is 0 Å². The lowest BCUT2D eigenvalue weighted by Gasteiger charge is -2.25. The van der Waals surface area contributed by atoms with Gasteiger partial charge in [-0.2, -0.15) is 0 Å². The summed E-state index contributed by atoms with van der Waals surface area (Å²) in [6.45, 7) is 9.67. The van der Waals surface area contributed by atoms with E-state index >= 15 is 0 Å². The smallest absolute Gasteiger partial charge is 0.0782 e. The molecule has 1 heterocycles. The molecule has 0 aromatic carbocycles. The Morgan fingerprint density at radius 1 is 1.58 bits per heavy atom. The molecular formula is C10H21NO. The summed E-state index contributed by atoms with van der Waals surface area (Å²) in [6.07, 6.45) is 2.84. The van der Waals surface area contributed by atoms with Crippen LogP contribution in [0.5, 0.6) is 0 Å². The largest absolute Gasteiger partial charge is 0.371 e. The summed E-state index contributed by atoms with van der Waals surface area (Å²) in [6, 6.07) is 0.557. The summed E-state index contributed by atoms with van der Waals surface area (Å²) in [5.74, 6) is 0. The highest BCUT2D eigenvalue weighted by molar-refractivity contribution is 4.85. The quantitative estimate of drug-likeness (QED) is 0.700. The average molecular weight is 171 g/mol. The van der Waals surface area contributed by atoms with Gasteiger partial charge in [0, 0.05) is 12.6 Å². The third kappa shape index (κ3) is 2.76. The molecule has 1 rings (SSSR count). The second-order valence-corrected chi connectivity index (χ2v) is 4.45. The maximum absolute atomic E-state index is 5.84. The van der Waals surface area contributed by atoms with Gasteiger partial charge >= 0.3 is 0 Å². The molecule has 0 spiro atoms. The minimum Gasteiger partial charge on any atom is -0.371 e. The van der Waals surface area contributed by atoms with Gasteiger partial charge in [-0.05, 0) is 26.7 Å². The average Bonchev–Trinajstić information content (AvgIpc) is 2.29. The molecule has 2 unspecified atom stereocenters. The van der Waals surface area contributed by atoms with Gasteiger partial charge in [-0.15, -0.1) is 0 Å². The maximum Gasteiger partial charge on any atom is 0.0782 e. The van der Waals surface area contributed by atoms with Crippen LogP contribution in [-0.2, 0) is 4.74 Å². The van der Waals surface area contributed by atoms with Crippen molar-refractivity contribution in [2.75, 3.05) is 6.54 Å². The zero-order valence-electron chi connectivity index (χ0n) is 8.68. The van der Waals surface area contributed by atoms with Gasteiger partial charge in [0.05, 0.1) is 11.7 Å². The van der Waals surface area contributed by atoms with Gasteiger partial charge in [0.25, 0.3) is 0 Å². The molecule has 0 radical (unpaired) electrons. The number of hydrogen-bond acceptors (Lipinski definition) is 2. The van der Waals surface area contributed by atoms with Gasteiger partial charge in [-0.1, -0.05) is 13.8 Å². The molecule has 0 bridgehead atoms. The fourth-order valence-corrected chi connectivity index (χ4v) is 1.66. The Morgan fingerprint density at radius 3 is 2.67 bits per heavy atom. The van der Waals surface area contributed by atoms with E-state index in [1.54, 1.807) is 0 Å². The highest BCUT2D eigenvalue weighted by atomic mass is 16.5. The SMILES string of the molecule is CC(C)NCC1(C)CCC(C)O1. The lowest BCUT2D eigenvalue weighted by molar-refractivity contribution is -0.0203. The van der Waals surface area contributed by atoms with Crippen LogP contribution in [0.25, 0.3) is 0 Å². The van der Waals surface area contributed by atoms with Crippen LogP contribution in [0, 0.1) is 0 Å². The second-order valence-electron chi connectivity index (χ2n) is 4.45. The van der Waals surface area contributed by atoms with E-state index in [-0.39, 0.29) is 5.60 Å². The Bertz CT molecular complexity index is 147. The summed E-state index contributed by atoms with van der Waals surface area (Å²) in [5, 5.41) is 3.42. The zero-order valence-corrected chi connectivity index (χ0v) is 8.68. The van der Waals surface area contributed by atoms with Gasteiger partial charge in [-0.25, -0.2) is 0 Å². The number of ether oxygens (including phenoxy) is 1. The van der Waals surface area contributed by atoms with Crippen LogP contribution in [0.1, 0.15) is 40.5 Å². The second kappa shape index (κ2) is 3.75. The van der Waals surface area contributed by atoms with E-state index in [2.05, 4.69) is 33.0 Å². The topological polar surface area (TPSA) is 21.3 Å². The fraction of sp³-hybridized carbons (Fsp3) is 1.00. The molecule has 0 amide bonds. The van der Waals surface area contributed by atoms with Crippen LogP contribution in [0.2, 0.25) is 0 Å². The molecule has 2 atom stereocenters.